The van der Waals surface area contributed by atoms with Crippen LogP contribution in [0.1, 0.15) is 6.92 Å². The molecule has 15 heteroatoms. The zero-order chi connectivity index (χ0) is 21.4. The average molecular weight is 428 g/mol. The van der Waals surface area contributed by atoms with E-state index in [2.05, 4.69) is 9.89 Å². The van der Waals surface area contributed by atoms with E-state index in [4.69, 9.17) is 14.8 Å². The summed E-state index contributed by atoms with van der Waals surface area (Å²) in [6.45, 7) is 3.66. The molecule has 0 aliphatic carbocycles. The second-order valence-electron chi connectivity index (χ2n) is 5.23. The first kappa shape index (κ1) is 25.0. The Morgan fingerprint density at radius 3 is 2.37 bits per heavy atom. The molecule has 0 saturated carbocycles. The monoisotopic (exact) mass is 428 g/mol. The predicted octanol–water partition coefficient (Wildman–Crippen LogP) is 2.79. The molecule has 1 fully saturated rings. The summed E-state index contributed by atoms with van der Waals surface area (Å²) in [5.41, 5.74) is -0.416. The van der Waals surface area contributed by atoms with Crippen molar-refractivity contribution < 1.29 is 48.9 Å². The molecular formula is C12H19F6N4O4P. The first-order valence-electron chi connectivity index (χ1n) is 7.26. The average Bonchev–Trinajstić information content (AvgIpc) is 2.49. The number of likely N-dealkylation sites (N-methyl/N-ethyl adjacent to an activating group) is 1. The van der Waals surface area contributed by atoms with Crippen LogP contribution in [0.4, 0.5) is 25.2 Å². The van der Waals surface area contributed by atoms with Crippen molar-refractivity contribution in [3.05, 3.63) is 0 Å². The van der Waals surface area contributed by atoms with Crippen LogP contribution in [0.3, 0.4) is 0 Å². The third-order valence-electron chi connectivity index (χ3n) is 2.57. The summed E-state index contributed by atoms with van der Waals surface area (Å²) in [7, 11) is -6.82. The molecule has 1 aliphatic rings. The Kier molecular flexibility index (Phi) is 8.17. The van der Waals surface area contributed by atoms with Crippen LogP contribution in [0.25, 0.3) is 0 Å². The summed E-state index contributed by atoms with van der Waals surface area (Å²) in [5.74, 6) is -0.795. The van der Waals surface area contributed by atoms with E-state index in [1.54, 1.807) is 13.0 Å². The number of morpholine rings is 1. The van der Waals surface area contributed by atoms with Gasteiger partial charge in [-0.05, 0) is 21.0 Å². The van der Waals surface area contributed by atoms with Gasteiger partial charge in [0.2, 0.25) is 0 Å². The fourth-order valence-corrected chi connectivity index (χ4v) is 1.50. The van der Waals surface area contributed by atoms with Gasteiger partial charge in [-0.25, -0.2) is 4.79 Å². The van der Waals surface area contributed by atoms with Gasteiger partial charge in [0, 0.05) is 0 Å². The number of nitrogens with zero attached hydrogens (tertiary/aromatic N) is 4. The van der Waals surface area contributed by atoms with E-state index in [0.717, 1.165) is 0 Å². The van der Waals surface area contributed by atoms with E-state index in [-0.39, 0.29) is 12.8 Å². The molecule has 0 aromatic heterocycles. The molecule has 1 unspecified atom stereocenters. The zero-order valence-electron chi connectivity index (χ0n) is 14.6. The van der Waals surface area contributed by atoms with Crippen LogP contribution in [0.15, 0.2) is 5.16 Å². The van der Waals surface area contributed by atoms with Crippen LogP contribution in [0, 0.1) is 11.3 Å². The minimum absolute atomic E-state index is 0.0342. The molecule has 0 spiro atoms. The topological polar surface area (TPSA) is 87.2 Å². The normalized spacial score (nSPS) is 22.0. The quantitative estimate of drug-likeness (QED) is 0.127. The van der Waals surface area contributed by atoms with Crippen LogP contribution in [-0.2, 0) is 19.1 Å². The number of carbonyl (C=O) groups excluding carboxylic acids is 1. The fraction of sp³-hybridized carbons (Fsp3) is 0.667. The van der Waals surface area contributed by atoms with E-state index in [1.165, 1.54) is 6.40 Å². The molecule has 158 valence electrons. The molecule has 0 aromatic carbocycles. The van der Waals surface area contributed by atoms with Gasteiger partial charge in [-0.3, -0.25) is 9.74 Å². The predicted molar refractivity (Wildman–Crippen MR) is 83.8 cm³/mol. The van der Waals surface area contributed by atoms with E-state index in [9.17, 15) is 30.0 Å². The summed E-state index contributed by atoms with van der Waals surface area (Å²) in [4.78, 5) is 18.1. The van der Waals surface area contributed by atoms with Gasteiger partial charge in [0.1, 0.15) is 12.7 Å². The third kappa shape index (κ3) is 16.0. The Labute approximate surface area is 150 Å². The molecule has 0 aromatic rings. The number of nitriles is 1. The van der Waals surface area contributed by atoms with Crippen LogP contribution < -0.4 is 0 Å². The summed E-state index contributed by atoms with van der Waals surface area (Å²) < 4.78 is 71.2. The standard InChI is InChI=1S/C12H19N4O4.F6P/c1-4-18-12(17)10(7-13)14-20-9-16-5-6-19-11(8-16)15(2)3;1-7(2,3,4,5)6/h9,11H,4-6,8H2,1-3H3;/q+1;-1. The Morgan fingerprint density at radius 1 is 1.37 bits per heavy atom. The summed E-state index contributed by atoms with van der Waals surface area (Å²) >= 11 is 0. The third-order valence-corrected chi connectivity index (χ3v) is 2.57. The van der Waals surface area contributed by atoms with Crippen molar-refractivity contribution in [2.75, 3.05) is 40.4 Å². The summed E-state index contributed by atoms with van der Waals surface area (Å²) in [6, 6.07) is 1.63. The molecule has 1 atom stereocenters. The van der Waals surface area contributed by atoms with E-state index in [0.29, 0.717) is 19.7 Å². The molecule has 1 heterocycles. The van der Waals surface area contributed by atoms with Crippen molar-refractivity contribution in [2.45, 2.75) is 13.2 Å². The maximum absolute atomic E-state index is 11.3. The van der Waals surface area contributed by atoms with Gasteiger partial charge in [-0.15, -0.1) is 0 Å². The fourth-order valence-electron chi connectivity index (χ4n) is 1.50. The second kappa shape index (κ2) is 8.81. The van der Waals surface area contributed by atoms with Crippen molar-refractivity contribution in [3.63, 3.8) is 0 Å². The first-order valence-corrected chi connectivity index (χ1v) is 9.29. The molecule has 1 saturated heterocycles. The van der Waals surface area contributed by atoms with Gasteiger partial charge in [0.25, 0.3) is 5.71 Å². The van der Waals surface area contributed by atoms with Crippen LogP contribution >= 0.6 is 7.81 Å². The van der Waals surface area contributed by atoms with Gasteiger partial charge in [-0.1, -0.05) is 5.16 Å². The van der Waals surface area contributed by atoms with E-state index < -0.39 is 19.5 Å². The molecule has 0 N–H and O–H groups in total. The number of hydrogen-bond acceptors (Lipinski definition) is 7. The van der Waals surface area contributed by atoms with Crippen molar-refractivity contribution in [1.29, 1.82) is 5.26 Å². The number of oxime groups is 1. The Bertz CT molecular complexity index is 618. The first-order chi connectivity index (χ1) is 12.0. The SMILES string of the molecule is CCOC(=O)C(C#N)=NOC=[N+]1CCOC(N(C)C)C1.F[P-](F)(F)(F)(F)F. The van der Waals surface area contributed by atoms with Crippen molar-refractivity contribution >= 4 is 25.9 Å². The molecule has 1 rings (SSSR count). The zero-order valence-corrected chi connectivity index (χ0v) is 15.5. The number of carbonyl (C=O) groups is 1. The molecule has 27 heavy (non-hydrogen) atoms. The van der Waals surface area contributed by atoms with Crippen LogP contribution in [0.2, 0.25) is 0 Å². The molecule has 0 amide bonds. The van der Waals surface area contributed by atoms with Crippen molar-refractivity contribution in [2.24, 2.45) is 5.16 Å². The van der Waals surface area contributed by atoms with Gasteiger partial charge in [0.15, 0.2) is 19.3 Å². The number of esters is 1. The molecule has 0 radical (unpaired) electrons. The molecule has 1 aliphatic heterocycles. The minimum atomic E-state index is -10.7. The van der Waals surface area contributed by atoms with Crippen LogP contribution in [0.5, 0.6) is 0 Å². The summed E-state index contributed by atoms with van der Waals surface area (Å²) in [6.07, 6.45) is 1.34. The number of rotatable bonds is 5. The Morgan fingerprint density at radius 2 is 1.93 bits per heavy atom. The van der Waals surface area contributed by atoms with E-state index >= 15 is 0 Å². The number of hydrogen-bond donors (Lipinski definition) is 0. The summed E-state index contributed by atoms with van der Waals surface area (Å²) in [5, 5.41) is 12.2. The van der Waals surface area contributed by atoms with Crippen molar-refractivity contribution in [1.82, 2.24) is 4.90 Å². The number of ether oxygens (including phenoxy) is 2. The van der Waals surface area contributed by atoms with E-state index in [1.807, 2.05) is 23.6 Å². The maximum atomic E-state index is 11.3. The van der Waals surface area contributed by atoms with Gasteiger partial charge in [0.05, 0.1) is 6.61 Å². The van der Waals surface area contributed by atoms with Gasteiger partial charge >= 0.3 is 45.4 Å². The number of halogens is 6. The molecular weight excluding hydrogens is 409 g/mol. The Hall–Kier alpha value is -1.97. The molecule has 0 bridgehead atoms. The van der Waals surface area contributed by atoms with Crippen molar-refractivity contribution in [3.8, 4) is 6.07 Å². The van der Waals surface area contributed by atoms with Crippen LogP contribution in [-0.4, -0.2) is 74.2 Å². The van der Waals surface area contributed by atoms with Gasteiger partial charge < -0.3 is 9.47 Å². The van der Waals surface area contributed by atoms with Gasteiger partial charge in [-0.2, -0.15) is 9.84 Å². The molecule has 8 nitrogen and oxygen atoms in total. The Balaban J connectivity index is 0.000000821. The second-order valence-corrected chi connectivity index (χ2v) is 7.14.